The highest BCUT2D eigenvalue weighted by atomic mass is 35.5. The van der Waals surface area contributed by atoms with Gasteiger partial charge in [0.15, 0.2) is 0 Å². The first-order valence-corrected chi connectivity index (χ1v) is 11.1. The lowest BCUT2D eigenvalue weighted by atomic mass is 9.86. The molecule has 2 heterocycles. The molecule has 168 valence electrons. The molecular weight excluding hydrogens is 488 g/mol. The van der Waals surface area contributed by atoms with E-state index in [4.69, 9.17) is 28.0 Å². The zero-order valence-corrected chi connectivity index (χ0v) is 18.8. The SMILES string of the molecule is Cc1cc(C2=NO[C@](c3cc(Cl)cc(Cl)c3)(C(F)(F)F)C2)ccc1C(=O)NC1CSC1=O. The van der Waals surface area contributed by atoms with Gasteiger partial charge in [-0.1, -0.05) is 46.2 Å². The number of alkyl halides is 3. The molecule has 32 heavy (non-hydrogen) atoms. The van der Waals surface area contributed by atoms with Gasteiger partial charge in [-0.2, -0.15) is 13.2 Å². The van der Waals surface area contributed by atoms with Crippen molar-refractivity contribution in [3.63, 3.8) is 0 Å². The molecule has 2 aromatic carbocycles. The number of amides is 1. The third-order valence-corrected chi connectivity index (χ3v) is 6.81. The van der Waals surface area contributed by atoms with E-state index in [0.717, 1.165) is 23.9 Å². The normalized spacial score (nSPS) is 22.8. The molecule has 4 rings (SSSR count). The van der Waals surface area contributed by atoms with Crippen molar-refractivity contribution in [2.24, 2.45) is 5.16 Å². The Labute approximate surface area is 195 Å². The van der Waals surface area contributed by atoms with Gasteiger partial charge in [0.25, 0.3) is 11.5 Å². The number of oxime groups is 1. The summed E-state index contributed by atoms with van der Waals surface area (Å²) in [5, 5.41) is 6.35. The summed E-state index contributed by atoms with van der Waals surface area (Å²) in [6.45, 7) is 1.65. The lowest BCUT2D eigenvalue weighted by Crippen LogP contribution is -2.47. The first-order valence-electron chi connectivity index (χ1n) is 9.37. The van der Waals surface area contributed by atoms with Crippen LogP contribution in [0.5, 0.6) is 0 Å². The molecule has 1 saturated heterocycles. The fourth-order valence-electron chi connectivity index (χ4n) is 3.51. The Morgan fingerprint density at radius 1 is 1.22 bits per heavy atom. The monoisotopic (exact) mass is 502 g/mol. The summed E-state index contributed by atoms with van der Waals surface area (Å²) in [4.78, 5) is 28.8. The fraction of sp³-hybridized carbons (Fsp3) is 0.286. The molecule has 0 saturated carbocycles. The van der Waals surface area contributed by atoms with E-state index in [1.807, 2.05) is 0 Å². The van der Waals surface area contributed by atoms with Crippen LogP contribution in [-0.2, 0) is 15.2 Å². The molecule has 5 nitrogen and oxygen atoms in total. The van der Waals surface area contributed by atoms with Crippen LogP contribution in [0.4, 0.5) is 13.2 Å². The Bertz CT molecular complexity index is 1140. The van der Waals surface area contributed by atoms with E-state index in [-0.39, 0.29) is 26.4 Å². The molecule has 0 bridgehead atoms. The minimum absolute atomic E-state index is 0.0442. The first kappa shape index (κ1) is 22.9. The van der Waals surface area contributed by atoms with Crippen LogP contribution in [0.2, 0.25) is 10.0 Å². The largest absolute Gasteiger partial charge is 0.435 e. The lowest BCUT2D eigenvalue weighted by molar-refractivity contribution is -0.275. The van der Waals surface area contributed by atoms with Gasteiger partial charge in [0, 0.05) is 33.3 Å². The van der Waals surface area contributed by atoms with Gasteiger partial charge in [0.05, 0.1) is 5.71 Å². The van der Waals surface area contributed by atoms with Crippen molar-refractivity contribution < 1.29 is 27.6 Å². The maximum Gasteiger partial charge on any atom is 0.435 e. The molecule has 0 aromatic heterocycles. The maximum atomic E-state index is 14.1. The maximum absolute atomic E-state index is 14.1. The highest BCUT2D eigenvalue weighted by Crippen LogP contribution is 2.49. The molecule has 2 aliphatic heterocycles. The fourth-order valence-corrected chi connectivity index (χ4v) is 4.65. The Balaban J connectivity index is 1.60. The van der Waals surface area contributed by atoms with Crippen LogP contribution in [-0.4, -0.2) is 34.7 Å². The van der Waals surface area contributed by atoms with Crippen molar-refractivity contribution in [2.45, 2.75) is 31.2 Å². The smallest absolute Gasteiger partial charge is 0.374 e. The number of nitrogens with zero attached hydrogens (tertiary/aromatic N) is 1. The van der Waals surface area contributed by atoms with E-state index in [2.05, 4.69) is 10.5 Å². The van der Waals surface area contributed by atoms with Crippen LogP contribution in [0.25, 0.3) is 0 Å². The minimum Gasteiger partial charge on any atom is -0.374 e. The molecule has 2 atom stereocenters. The van der Waals surface area contributed by atoms with Crippen molar-refractivity contribution in [3.8, 4) is 0 Å². The average molecular weight is 503 g/mol. The summed E-state index contributed by atoms with van der Waals surface area (Å²) in [7, 11) is 0. The molecule has 2 aromatic rings. The van der Waals surface area contributed by atoms with Gasteiger partial charge < -0.3 is 10.2 Å². The topological polar surface area (TPSA) is 67.8 Å². The lowest BCUT2D eigenvalue weighted by Gasteiger charge is -2.29. The molecule has 1 unspecified atom stereocenters. The van der Waals surface area contributed by atoms with Crippen LogP contribution >= 0.6 is 35.0 Å². The molecule has 1 amide bonds. The number of carbonyl (C=O) groups is 2. The number of rotatable bonds is 4. The zero-order valence-electron chi connectivity index (χ0n) is 16.4. The van der Waals surface area contributed by atoms with Crippen molar-refractivity contribution in [1.82, 2.24) is 5.32 Å². The number of hydrogen-bond donors (Lipinski definition) is 1. The predicted octanol–water partition coefficient (Wildman–Crippen LogP) is 5.26. The van der Waals surface area contributed by atoms with Gasteiger partial charge in [0.1, 0.15) is 6.04 Å². The van der Waals surface area contributed by atoms with Gasteiger partial charge in [0.2, 0.25) is 5.12 Å². The van der Waals surface area contributed by atoms with Crippen LogP contribution < -0.4 is 5.32 Å². The highest BCUT2D eigenvalue weighted by molar-refractivity contribution is 8.16. The summed E-state index contributed by atoms with van der Waals surface area (Å²) in [5.74, 6) is 0.0959. The van der Waals surface area contributed by atoms with Crippen molar-refractivity contribution in [1.29, 1.82) is 0 Å². The number of nitrogens with one attached hydrogen (secondary N) is 1. The van der Waals surface area contributed by atoms with E-state index in [0.29, 0.717) is 22.4 Å². The average Bonchev–Trinajstić information content (AvgIpc) is 3.17. The number of benzene rings is 2. The molecule has 2 aliphatic rings. The standard InChI is InChI=1S/C21H15Cl2F3N2O3S/c1-10-4-11(2-3-15(10)18(29)27-17-9-32-19(17)30)16-8-20(31-28-16,21(24,25)26)12-5-13(22)7-14(23)6-12/h2-7,17H,8-9H2,1H3,(H,27,29)/t17?,20-/m1/s1. The number of thioether (sulfide) groups is 1. The Hall–Kier alpha value is -2.23. The molecule has 11 heteroatoms. The van der Waals surface area contributed by atoms with Crippen molar-refractivity contribution in [2.75, 3.05) is 5.75 Å². The van der Waals surface area contributed by atoms with E-state index in [1.165, 1.54) is 18.2 Å². The number of carbonyl (C=O) groups excluding carboxylic acids is 2. The van der Waals surface area contributed by atoms with E-state index in [1.54, 1.807) is 13.0 Å². The molecule has 0 aliphatic carbocycles. The van der Waals surface area contributed by atoms with Crippen LogP contribution in [0.15, 0.2) is 41.6 Å². The van der Waals surface area contributed by atoms with Crippen LogP contribution in [0, 0.1) is 6.92 Å². The first-order chi connectivity index (χ1) is 15.0. The van der Waals surface area contributed by atoms with E-state index < -0.39 is 30.1 Å². The van der Waals surface area contributed by atoms with Crippen LogP contribution in [0.1, 0.15) is 33.5 Å². The summed E-state index contributed by atoms with van der Waals surface area (Å²) < 4.78 is 42.4. The number of halogens is 5. The predicted molar refractivity (Wildman–Crippen MR) is 116 cm³/mol. The minimum atomic E-state index is -4.80. The Morgan fingerprint density at radius 2 is 1.91 bits per heavy atom. The van der Waals surface area contributed by atoms with Gasteiger partial charge in [-0.25, -0.2) is 0 Å². The second kappa shape index (κ2) is 8.28. The number of hydrogen-bond acceptors (Lipinski definition) is 5. The number of aryl methyl sites for hydroxylation is 1. The van der Waals surface area contributed by atoms with Crippen LogP contribution in [0.3, 0.4) is 0 Å². The third kappa shape index (κ3) is 4.09. The second-order valence-electron chi connectivity index (χ2n) is 7.47. The van der Waals surface area contributed by atoms with Crippen molar-refractivity contribution >= 4 is 51.7 Å². The summed E-state index contributed by atoms with van der Waals surface area (Å²) >= 11 is 13.0. The molecule has 0 spiro atoms. The van der Waals surface area contributed by atoms with Gasteiger partial charge in [-0.3, -0.25) is 9.59 Å². The molecule has 1 fully saturated rings. The van der Waals surface area contributed by atoms with Gasteiger partial charge in [-0.15, -0.1) is 0 Å². The summed E-state index contributed by atoms with van der Waals surface area (Å²) in [5.41, 5.74) is -1.69. The van der Waals surface area contributed by atoms with E-state index >= 15 is 0 Å². The summed E-state index contributed by atoms with van der Waals surface area (Å²) in [6.07, 6.45) is -5.39. The second-order valence-corrected chi connectivity index (χ2v) is 9.37. The Kier molecular flexibility index (Phi) is 5.94. The van der Waals surface area contributed by atoms with Gasteiger partial charge in [-0.05, 0) is 48.4 Å². The van der Waals surface area contributed by atoms with Gasteiger partial charge >= 0.3 is 6.18 Å². The highest BCUT2D eigenvalue weighted by Gasteiger charge is 2.62. The quantitative estimate of drug-likeness (QED) is 0.619. The third-order valence-electron chi connectivity index (χ3n) is 5.30. The van der Waals surface area contributed by atoms with E-state index in [9.17, 15) is 22.8 Å². The zero-order chi connectivity index (χ0) is 23.3. The molecular formula is C21H15Cl2F3N2O3S. The molecule has 1 N–H and O–H groups in total. The molecule has 0 radical (unpaired) electrons. The van der Waals surface area contributed by atoms with Crippen molar-refractivity contribution in [3.05, 3.63) is 68.7 Å². The summed E-state index contributed by atoms with van der Waals surface area (Å²) in [6, 6.07) is 7.66. The Morgan fingerprint density at radius 3 is 2.44 bits per heavy atom.